The minimum Gasteiger partial charge on any atom is -0.376 e. The van der Waals surface area contributed by atoms with E-state index in [4.69, 9.17) is 0 Å². The number of carbonyl (C=O) groups excluding carboxylic acids is 2. The van der Waals surface area contributed by atoms with Crippen LogP contribution in [-0.2, 0) is 9.59 Å². The van der Waals surface area contributed by atoms with E-state index in [2.05, 4.69) is 26.2 Å². The van der Waals surface area contributed by atoms with Gasteiger partial charge in [-0.05, 0) is 48.4 Å². The van der Waals surface area contributed by atoms with Crippen LogP contribution in [0.15, 0.2) is 24.3 Å². The van der Waals surface area contributed by atoms with E-state index in [-0.39, 0.29) is 24.9 Å². The van der Waals surface area contributed by atoms with E-state index < -0.39 is 0 Å². The van der Waals surface area contributed by atoms with Crippen LogP contribution in [0.25, 0.3) is 5.69 Å². The third-order valence-corrected chi connectivity index (χ3v) is 4.06. The lowest BCUT2D eigenvalue weighted by Gasteiger charge is -2.15. The van der Waals surface area contributed by atoms with Crippen LogP contribution in [0, 0.1) is 6.92 Å². The van der Waals surface area contributed by atoms with Crippen molar-refractivity contribution >= 4 is 17.5 Å². The first-order valence-electron chi connectivity index (χ1n) is 8.27. The smallest absolute Gasteiger partial charge is 0.241 e. The van der Waals surface area contributed by atoms with Gasteiger partial charge in [0.15, 0.2) is 5.82 Å². The maximum atomic E-state index is 11.9. The Morgan fingerprint density at radius 2 is 2.00 bits per heavy atom. The molecule has 0 atom stereocenters. The summed E-state index contributed by atoms with van der Waals surface area (Å²) in [6.45, 7) is 3.52. The van der Waals surface area contributed by atoms with Gasteiger partial charge in [0, 0.05) is 18.8 Å². The first-order chi connectivity index (χ1) is 12.1. The molecule has 2 aromatic rings. The van der Waals surface area contributed by atoms with Crippen LogP contribution in [0.1, 0.15) is 18.7 Å². The summed E-state index contributed by atoms with van der Waals surface area (Å²) in [4.78, 5) is 25.6. The molecule has 1 aliphatic heterocycles. The minimum atomic E-state index is -0.225. The lowest BCUT2D eigenvalue weighted by Crippen LogP contribution is -2.40. The van der Waals surface area contributed by atoms with Crippen LogP contribution in [0.3, 0.4) is 0 Å². The van der Waals surface area contributed by atoms with Crippen molar-refractivity contribution in [2.75, 3.05) is 31.5 Å². The molecule has 3 rings (SSSR count). The molecule has 132 valence electrons. The highest BCUT2D eigenvalue weighted by atomic mass is 16.2. The van der Waals surface area contributed by atoms with Gasteiger partial charge in [0.05, 0.1) is 18.8 Å². The van der Waals surface area contributed by atoms with Crippen molar-refractivity contribution in [2.24, 2.45) is 0 Å². The summed E-state index contributed by atoms with van der Waals surface area (Å²) in [5, 5.41) is 17.1. The second-order valence-electron chi connectivity index (χ2n) is 5.91. The van der Waals surface area contributed by atoms with E-state index in [0.29, 0.717) is 5.82 Å². The normalized spacial score (nSPS) is 13.7. The van der Waals surface area contributed by atoms with Crippen molar-refractivity contribution in [2.45, 2.75) is 19.8 Å². The summed E-state index contributed by atoms with van der Waals surface area (Å²) in [5.74, 6) is 0.425. The maximum absolute atomic E-state index is 11.9. The van der Waals surface area contributed by atoms with Gasteiger partial charge >= 0.3 is 0 Å². The highest BCUT2D eigenvalue weighted by Crippen LogP contribution is 2.14. The summed E-state index contributed by atoms with van der Waals surface area (Å²) in [7, 11) is 0. The van der Waals surface area contributed by atoms with Crippen LogP contribution < -0.4 is 10.6 Å². The quantitative estimate of drug-likeness (QED) is 0.772. The molecular weight excluding hydrogens is 322 g/mol. The number of carbonyl (C=O) groups is 2. The number of nitrogens with zero attached hydrogens (tertiary/aromatic N) is 5. The molecule has 1 fully saturated rings. The predicted octanol–water partition coefficient (Wildman–Crippen LogP) is 0.121. The zero-order valence-electron chi connectivity index (χ0n) is 14.1. The van der Waals surface area contributed by atoms with Crippen molar-refractivity contribution < 1.29 is 9.59 Å². The molecule has 2 heterocycles. The van der Waals surface area contributed by atoms with Crippen LogP contribution in [0.2, 0.25) is 0 Å². The fraction of sp³-hybridized carbons (Fsp3) is 0.438. The number of hydrogen-bond donors (Lipinski definition) is 2. The van der Waals surface area contributed by atoms with E-state index in [1.54, 1.807) is 9.58 Å². The zero-order chi connectivity index (χ0) is 17.6. The largest absolute Gasteiger partial charge is 0.376 e. The topological polar surface area (TPSA) is 105 Å². The average Bonchev–Trinajstić information content (AvgIpc) is 3.29. The number of amides is 2. The molecule has 2 N–H and O–H groups in total. The molecule has 0 saturated carbocycles. The van der Waals surface area contributed by atoms with Gasteiger partial charge in [-0.1, -0.05) is 6.07 Å². The van der Waals surface area contributed by atoms with Gasteiger partial charge in [-0.2, -0.15) is 4.68 Å². The number of benzene rings is 1. The molecular formula is C16H21N7O2. The number of anilines is 1. The molecule has 1 saturated heterocycles. The third-order valence-electron chi connectivity index (χ3n) is 4.06. The molecule has 0 unspecified atom stereocenters. The minimum absolute atomic E-state index is 0.0259. The van der Waals surface area contributed by atoms with E-state index in [1.165, 1.54) is 0 Å². The highest BCUT2D eigenvalue weighted by molar-refractivity contribution is 5.86. The Labute approximate surface area is 145 Å². The summed E-state index contributed by atoms with van der Waals surface area (Å²) in [5.41, 5.74) is 1.57. The Morgan fingerprint density at radius 3 is 2.72 bits per heavy atom. The van der Waals surface area contributed by atoms with Crippen LogP contribution in [0.4, 0.5) is 5.69 Å². The third kappa shape index (κ3) is 4.31. The lowest BCUT2D eigenvalue weighted by molar-refractivity contribution is -0.131. The van der Waals surface area contributed by atoms with Crippen molar-refractivity contribution in [3.63, 3.8) is 0 Å². The lowest BCUT2D eigenvalue weighted by atomic mass is 10.2. The van der Waals surface area contributed by atoms with Crippen molar-refractivity contribution in [1.29, 1.82) is 0 Å². The molecule has 1 aromatic heterocycles. The van der Waals surface area contributed by atoms with Crippen LogP contribution in [0.5, 0.6) is 0 Å². The van der Waals surface area contributed by atoms with E-state index in [0.717, 1.165) is 37.3 Å². The van der Waals surface area contributed by atoms with E-state index >= 15 is 0 Å². The van der Waals surface area contributed by atoms with Gasteiger partial charge in [-0.15, -0.1) is 5.10 Å². The SMILES string of the molecule is Cc1nnnn1-c1cccc(NCC(=O)NCC(=O)N2CCCC2)c1. The molecule has 25 heavy (non-hydrogen) atoms. The first-order valence-corrected chi connectivity index (χ1v) is 8.27. The zero-order valence-corrected chi connectivity index (χ0v) is 14.1. The molecule has 0 radical (unpaired) electrons. The predicted molar refractivity (Wildman–Crippen MR) is 91.2 cm³/mol. The van der Waals surface area contributed by atoms with Gasteiger partial charge < -0.3 is 15.5 Å². The summed E-state index contributed by atoms with van der Waals surface area (Å²) in [6.07, 6.45) is 2.08. The maximum Gasteiger partial charge on any atom is 0.241 e. The van der Waals surface area contributed by atoms with Gasteiger partial charge in [0.25, 0.3) is 0 Å². The molecule has 0 aliphatic carbocycles. The number of aryl methyl sites for hydroxylation is 1. The number of tetrazole rings is 1. The number of aromatic nitrogens is 4. The first kappa shape index (κ1) is 16.9. The highest BCUT2D eigenvalue weighted by Gasteiger charge is 2.18. The standard InChI is InChI=1S/C16H21N7O2/c1-12-19-20-21-23(12)14-6-4-5-13(9-14)17-10-15(24)18-11-16(25)22-7-2-3-8-22/h4-6,9,17H,2-3,7-8,10-11H2,1H3,(H,18,24). The monoisotopic (exact) mass is 343 g/mol. The molecule has 1 aromatic carbocycles. The molecule has 1 aliphatic rings. The Kier molecular flexibility index (Phi) is 5.22. The fourth-order valence-corrected chi connectivity index (χ4v) is 2.72. The second-order valence-corrected chi connectivity index (χ2v) is 5.91. The molecule has 0 spiro atoms. The van der Waals surface area contributed by atoms with Gasteiger partial charge in [-0.3, -0.25) is 9.59 Å². The van der Waals surface area contributed by atoms with Gasteiger partial charge in [-0.25, -0.2) is 0 Å². The summed E-state index contributed by atoms with van der Waals surface area (Å²) < 4.78 is 1.61. The van der Waals surface area contributed by atoms with Crippen LogP contribution >= 0.6 is 0 Å². The Hall–Kier alpha value is -2.97. The summed E-state index contributed by atoms with van der Waals surface area (Å²) >= 11 is 0. The number of rotatable bonds is 6. The van der Waals surface area contributed by atoms with Crippen molar-refractivity contribution in [1.82, 2.24) is 30.4 Å². The second kappa shape index (κ2) is 7.73. The molecule has 0 bridgehead atoms. The number of hydrogen-bond acceptors (Lipinski definition) is 6. The molecule has 2 amide bonds. The van der Waals surface area contributed by atoms with E-state index in [9.17, 15) is 9.59 Å². The Balaban J connectivity index is 1.49. The Morgan fingerprint density at radius 1 is 1.20 bits per heavy atom. The average molecular weight is 343 g/mol. The van der Waals surface area contributed by atoms with E-state index in [1.807, 2.05) is 31.2 Å². The number of likely N-dealkylation sites (tertiary alicyclic amines) is 1. The Bertz CT molecular complexity index is 752. The fourth-order valence-electron chi connectivity index (χ4n) is 2.72. The summed E-state index contributed by atoms with van der Waals surface area (Å²) in [6, 6.07) is 7.44. The van der Waals surface area contributed by atoms with Crippen molar-refractivity contribution in [3.8, 4) is 5.69 Å². The molecule has 9 nitrogen and oxygen atoms in total. The van der Waals surface area contributed by atoms with Gasteiger partial charge in [0.2, 0.25) is 11.8 Å². The number of nitrogens with one attached hydrogen (secondary N) is 2. The van der Waals surface area contributed by atoms with Crippen molar-refractivity contribution in [3.05, 3.63) is 30.1 Å². The van der Waals surface area contributed by atoms with Crippen LogP contribution in [-0.4, -0.2) is 63.1 Å². The van der Waals surface area contributed by atoms with Gasteiger partial charge in [0.1, 0.15) is 0 Å². The molecule has 9 heteroatoms.